The Balaban J connectivity index is 2.42. The molecule has 0 saturated carbocycles. The predicted octanol–water partition coefficient (Wildman–Crippen LogP) is 3.04. The maximum Gasteiger partial charge on any atom is 0.307 e. The van der Waals surface area contributed by atoms with E-state index in [1.54, 1.807) is 10.9 Å². The van der Waals surface area contributed by atoms with Crippen molar-refractivity contribution in [3.63, 3.8) is 0 Å². The number of hydrogen-bond acceptors (Lipinski definition) is 2. The fourth-order valence-electron chi connectivity index (χ4n) is 1.87. The lowest BCUT2D eigenvalue weighted by molar-refractivity contribution is -0.136. The molecule has 1 aromatic carbocycles. The molecule has 106 valence electrons. The number of aliphatic carboxylic acids is 1. The third kappa shape index (κ3) is 2.84. The van der Waals surface area contributed by atoms with E-state index in [4.69, 9.17) is 5.11 Å². The molecule has 0 aliphatic carbocycles. The van der Waals surface area contributed by atoms with E-state index < -0.39 is 24.0 Å². The highest BCUT2D eigenvalue weighted by Gasteiger charge is 2.15. The summed E-state index contributed by atoms with van der Waals surface area (Å²) in [7, 11) is 0. The Hall–Kier alpha value is -2.24. The minimum Gasteiger partial charge on any atom is -0.481 e. The molecule has 0 bridgehead atoms. The zero-order valence-electron chi connectivity index (χ0n) is 11.1. The first-order valence-corrected chi connectivity index (χ1v) is 6.12. The van der Waals surface area contributed by atoms with Crippen molar-refractivity contribution in [3.05, 3.63) is 41.7 Å². The number of carboxylic acids is 1. The monoisotopic (exact) mass is 280 g/mol. The minimum atomic E-state index is -1.20. The van der Waals surface area contributed by atoms with E-state index in [-0.39, 0.29) is 17.2 Å². The van der Waals surface area contributed by atoms with Gasteiger partial charge in [0.2, 0.25) is 0 Å². The van der Waals surface area contributed by atoms with Gasteiger partial charge in [0.1, 0.15) is 11.6 Å². The third-order valence-electron chi connectivity index (χ3n) is 2.92. The van der Waals surface area contributed by atoms with Gasteiger partial charge >= 0.3 is 5.97 Å². The van der Waals surface area contributed by atoms with E-state index in [1.807, 2.05) is 13.8 Å². The number of aromatic nitrogens is 2. The lowest BCUT2D eigenvalue weighted by Crippen LogP contribution is -2.04. The molecule has 20 heavy (non-hydrogen) atoms. The highest BCUT2D eigenvalue weighted by atomic mass is 19.1. The number of carbonyl (C=O) groups is 1. The smallest absolute Gasteiger partial charge is 0.307 e. The molecule has 0 atom stereocenters. The average molecular weight is 280 g/mol. The van der Waals surface area contributed by atoms with Crippen molar-refractivity contribution in [1.82, 2.24) is 9.78 Å². The molecule has 1 aromatic heterocycles. The molecule has 0 aliphatic rings. The Bertz CT molecular complexity index is 651. The van der Waals surface area contributed by atoms with Crippen LogP contribution in [-0.4, -0.2) is 20.9 Å². The van der Waals surface area contributed by atoms with Gasteiger partial charge < -0.3 is 5.11 Å². The average Bonchev–Trinajstić information content (AvgIpc) is 2.82. The summed E-state index contributed by atoms with van der Waals surface area (Å²) in [6, 6.07) is 2.05. The first kappa shape index (κ1) is 14.2. The molecule has 0 saturated heterocycles. The van der Waals surface area contributed by atoms with Crippen molar-refractivity contribution in [2.24, 2.45) is 0 Å². The predicted molar refractivity (Wildman–Crippen MR) is 69.3 cm³/mol. The molecule has 0 amide bonds. The fourth-order valence-corrected chi connectivity index (χ4v) is 1.87. The summed E-state index contributed by atoms with van der Waals surface area (Å²) in [6.45, 7) is 3.84. The van der Waals surface area contributed by atoms with Crippen molar-refractivity contribution in [2.45, 2.75) is 26.3 Å². The zero-order chi connectivity index (χ0) is 14.9. The summed E-state index contributed by atoms with van der Waals surface area (Å²) in [5, 5.41) is 12.7. The van der Waals surface area contributed by atoms with Gasteiger partial charge in [0.05, 0.1) is 12.6 Å². The SMILES string of the molecule is CC(C)n1cc(-c2cc(F)c(CC(=O)O)cc2F)cn1. The lowest BCUT2D eigenvalue weighted by atomic mass is 10.0. The Morgan fingerprint density at radius 1 is 1.35 bits per heavy atom. The van der Waals surface area contributed by atoms with Gasteiger partial charge in [-0.3, -0.25) is 9.48 Å². The van der Waals surface area contributed by atoms with Crippen molar-refractivity contribution in [2.75, 3.05) is 0 Å². The van der Waals surface area contributed by atoms with Crippen LogP contribution in [0.5, 0.6) is 0 Å². The molecule has 4 nitrogen and oxygen atoms in total. The number of benzene rings is 1. The highest BCUT2D eigenvalue weighted by molar-refractivity contribution is 5.71. The molecular formula is C14H14F2N2O2. The van der Waals surface area contributed by atoms with Gasteiger partial charge in [0.25, 0.3) is 0 Å². The van der Waals surface area contributed by atoms with Crippen LogP contribution in [0.3, 0.4) is 0 Å². The molecule has 0 aliphatic heterocycles. The zero-order valence-corrected chi connectivity index (χ0v) is 11.1. The van der Waals surface area contributed by atoms with E-state index in [2.05, 4.69) is 5.10 Å². The number of halogens is 2. The Labute approximate surface area is 114 Å². The van der Waals surface area contributed by atoms with E-state index in [1.165, 1.54) is 6.20 Å². The van der Waals surface area contributed by atoms with Crippen LogP contribution in [0.1, 0.15) is 25.5 Å². The summed E-state index contributed by atoms with van der Waals surface area (Å²) in [4.78, 5) is 10.6. The van der Waals surface area contributed by atoms with Crippen molar-refractivity contribution in [1.29, 1.82) is 0 Å². The van der Waals surface area contributed by atoms with Crippen LogP contribution < -0.4 is 0 Å². The van der Waals surface area contributed by atoms with E-state index in [9.17, 15) is 13.6 Å². The fraction of sp³-hybridized carbons (Fsp3) is 0.286. The summed E-state index contributed by atoms with van der Waals surface area (Å²) in [5.74, 6) is -2.60. The molecule has 0 fully saturated rings. The van der Waals surface area contributed by atoms with Crippen LogP contribution >= 0.6 is 0 Å². The second-order valence-corrected chi connectivity index (χ2v) is 4.80. The third-order valence-corrected chi connectivity index (χ3v) is 2.92. The second-order valence-electron chi connectivity index (χ2n) is 4.80. The van der Waals surface area contributed by atoms with E-state index >= 15 is 0 Å². The van der Waals surface area contributed by atoms with Crippen molar-refractivity contribution >= 4 is 5.97 Å². The topological polar surface area (TPSA) is 55.1 Å². The molecule has 2 aromatic rings. The van der Waals surface area contributed by atoms with Crippen LogP contribution in [0.25, 0.3) is 11.1 Å². The second kappa shape index (κ2) is 5.40. The van der Waals surface area contributed by atoms with Gasteiger partial charge in [0.15, 0.2) is 0 Å². The first-order chi connectivity index (χ1) is 9.38. The summed E-state index contributed by atoms with van der Waals surface area (Å²) >= 11 is 0. The number of hydrogen-bond donors (Lipinski definition) is 1. The Morgan fingerprint density at radius 3 is 2.60 bits per heavy atom. The molecule has 0 radical (unpaired) electrons. The molecule has 6 heteroatoms. The van der Waals surface area contributed by atoms with Gasteiger partial charge in [-0.05, 0) is 26.0 Å². The first-order valence-electron chi connectivity index (χ1n) is 6.12. The highest BCUT2D eigenvalue weighted by Crippen LogP contribution is 2.26. The van der Waals surface area contributed by atoms with Crippen molar-refractivity contribution in [3.8, 4) is 11.1 Å². The van der Waals surface area contributed by atoms with Gasteiger partial charge in [-0.2, -0.15) is 5.10 Å². The maximum atomic E-state index is 14.0. The van der Waals surface area contributed by atoms with Gasteiger partial charge in [0, 0.05) is 28.9 Å². The summed E-state index contributed by atoms with van der Waals surface area (Å²) in [5.41, 5.74) is 0.357. The summed E-state index contributed by atoms with van der Waals surface area (Å²) < 4.78 is 29.4. The van der Waals surface area contributed by atoms with E-state index in [0.29, 0.717) is 5.56 Å². The van der Waals surface area contributed by atoms with Gasteiger partial charge in [-0.1, -0.05) is 0 Å². The quantitative estimate of drug-likeness (QED) is 0.936. The van der Waals surface area contributed by atoms with Crippen LogP contribution in [-0.2, 0) is 11.2 Å². The molecule has 2 rings (SSSR count). The van der Waals surface area contributed by atoms with Crippen molar-refractivity contribution < 1.29 is 18.7 Å². The van der Waals surface area contributed by atoms with E-state index in [0.717, 1.165) is 12.1 Å². The lowest BCUT2D eigenvalue weighted by Gasteiger charge is -2.06. The van der Waals surface area contributed by atoms with Crippen LogP contribution in [0, 0.1) is 11.6 Å². The van der Waals surface area contributed by atoms with Gasteiger partial charge in [-0.15, -0.1) is 0 Å². The number of nitrogens with zero attached hydrogens (tertiary/aromatic N) is 2. The van der Waals surface area contributed by atoms with Crippen LogP contribution in [0.2, 0.25) is 0 Å². The van der Waals surface area contributed by atoms with Gasteiger partial charge in [-0.25, -0.2) is 8.78 Å². The number of rotatable bonds is 4. The standard InChI is InChI=1S/C14H14F2N2O2/c1-8(2)18-7-10(6-17-18)11-5-12(15)9(3-13(11)16)4-14(19)20/h3,5-8H,4H2,1-2H3,(H,19,20). The minimum absolute atomic E-state index is 0.0727. The number of carboxylic acid groups (broad SMARTS) is 1. The molecule has 1 heterocycles. The maximum absolute atomic E-state index is 14.0. The molecular weight excluding hydrogens is 266 g/mol. The van der Waals surface area contributed by atoms with Crippen LogP contribution in [0.15, 0.2) is 24.5 Å². The molecule has 1 N–H and O–H groups in total. The van der Waals surface area contributed by atoms with Crippen LogP contribution in [0.4, 0.5) is 8.78 Å². The largest absolute Gasteiger partial charge is 0.481 e. The Kier molecular flexibility index (Phi) is 3.83. The molecule has 0 unspecified atom stereocenters. The molecule has 0 spiro atoms. The summed E-state index contributed by atoms with van der Waals surface area (Å²) in [6.07, 6.45) is 2.53. The Morgan fingerprint density at radius 2 is 2.05 bits per heavy atom. The normalized spacial score (nSPS) is 11.1.